The number of carboxylic acid groups (broad SMARTS) is 1. The van der Waals surface area contributed by atoms with Crippen molar-refractivity contribution in [1.29, 1.82) is 0 Å². The van der Waals surface area contributed by atoms with Gasteiger partial charge in [-0.15, -0.1) is 0 Å². The maximum atomic E-state index is 11.9. The molecule has 2 saturated heterocycles. The van der Waals surface area contributed by atoms with Crippen LogP contribution in [0, 0.1) is 11.3 Å². The first-order valence-corrected chi connectivity index (χ1v) is 8.44. The van der Waals surface area contributed by atoms with Crippen molar-refractivity contribution in [3.8, 4) is 0 Å². The number of carbonyl (C=O) groups is 1. The Morgan fingerprint density at radius 2 is 1.96 bits per heavy atom. The number of nitrogens with zero attached hydrogens (tertiary/aromatic N) is 2. The van der Waals surface area contributed by atoms with Gasteiger partial charge < -0.3 is 10.2 Å². The van der Waals surface area contributed by atoms with Crippen molar-refractivity contribution in [2.75, 3.05) is 39.3 Å². The van der Waals surface area contributed by atoms with Crippen molar-refractivity contribution >= 4 is 29.2 Å². The van der Waals surface area contributed by atoms with E-state index in [1.807, 2.05) is 17.0 Å². The lowest BCUT2D eigenvalue weighted by atomic mass is 9.81. The molecule has 0 spiro atoms. The van der Waals surface area contributed by atoms with Gasteiger partial charge in [-0.3, -0.25) is 14.6 Å². The van der Waals surface area contributed by atoms with E-state index in [2.05, 4.69) is 4.90 Å². The maximum Gasteiger partial charge on any atom is 0.312 e. The molecule has 1 aromatic carbocycles. The topological polar surface area (TPSA) is 64.0 Å². The second-order valence-electron chi connectivity index (χ2n) is 6.50. The molecule has 2 atom stereocenters. The van der Waals surface area contributed by atoms with Gasteiger partial charge in [0, 0.05) is 45.2 Å². The standard InChI is InChI=1S/C16H20Cl2N2O3/c17-13-3-1-2-11(14(13)18)6-20-8-12-7-19(4-5-21)9-16(12,10-20)15(22)23/h1-3,12,21H,4-10H2,(H,22,23)/t12-,16-/m0/s1. The summed E-state index contributed by atoms with van der Waals surface area (Å²) in [5.74, 6) is -0.674. The first kappa shape index (κ1) is 17.0. The van der Waals surface area contributed by atoms with E-state index in [9.17, 15) is 9.90 Å². The van der Waals surface area contributed by atoms with E-state index in [4.69, 9.17) is 28.3 Å². The van der Waals surface area contributed by atoms with Crippen LogP contribution in [0.5, 0.6) is 0 Å². The van der Waals surface area contributed by atoms with Crippen molar-refractivity contribution in [3.63, 3.8) is 0 Å². The number of aliphatic carboxylic acids is 1. The second kappa shape index (κ2) is 6.57. The third-order valence-corrected chi connectivity index (χ3v) is 5.88. The Morgan fingerprint density at radius 3 is 2.61 bits per heavy atom. The Morgan fingerprint density at radius 1 is 1.26 bits per heavy atom. The molecule has 0 saturated carbocycles. The van der Waals surface area contributed by atoms with Crippen molar-refractivity contribution < 1.29 is 15.0 Å². The highest BCUT2D eigenvalue weighted by Crippen LogP contribution is 2.43. The molecular formula is C16H20Cl2N2O3. The third-order valence-electron chi connectivity index (χ3n) is 5.02. The Bertz CT molecular complexity index is 613. The van der Waals surface area contributed by atoms with E-state index in [1.165, 1.54) is 0 Å². The molecule has 2 aliphatic heterocycles. The summed E-state index contributed by atoms with van der Waals surface area (Å²) in [6, 6.07) is 5.53. The summed E-state index contributed by atoms with van der Waals surface area (Å²) in [6.07, 6.45) is 0. The zero-order valence-corrected chi connectivity index (χ0v) is 14.2. The second-order valence-corrected chi connectivity index (χ2v) is 7.28. The lowest BCUT2D eigenvalue weighted by Gasteiger charge is -2.25. The SMILES string of the molecule is O=C(O)[C@]12CN(CCO)C[C@H]1CN(Cc1cccc(Cl)c1Cl)C2. The minimum atomic E-state index is -0.750. The number of aliphatic hydroxyl groups is 1. The van der Waals surface area contributed by atoms with Gasteiger partial charge in [-0.05, 0) is 11.6 Å². The molecule has 2 heterocycles. The lowest BCUT2D eigenvalue weighted by Crippen LogP contribution is -2.41. The first-order chi connectivity index (χ1) is 11.0. The molecule has 2 fully saturated rings. The van der Waals surface area contributed by atoms with E-state index < -0.39 is 11.4 Å². The number of hydrogen-bond acceptors (Lipinski definition) is 4. The van der Waals surface area contributed by atoms with Crippen LogP contribution < -0.4 is 0 Å². The highest BCUT2D eigenvalue weighted by molar-refractivity contribution is 6.42. The fourth-order valence-electron chi connectivity index (χ4n) is 3.92. The molecular weight excluding hydrogens is 339 g/mol. The summed E-state index contributed by atoms with van der Waals surface area (Å²) in [5.41, 5.74) is 0.173. The Balaban J connectivity index is 1.75. The molecule has 0 bridgehead atoms. The normalized spacial score (nSPS) is 28.2. The average Bonchev–Trinajstić information content (AvgIpc) is 2.98. The van der Waals surface area contributed by atoms with Gasteiger partial charge >= 0.3 is 5.97 Å². The summed E-state index contributed by atoms with van der Waals surface area (Å²) in [7, 11) is 0. The molecule has 7 heteroatoms. The zero-order chi connectivity index (χ0) is 16.6. The predicted octanol–water partition coefficient (Wildman–Crippen LogP) is 1.80. The van der Waals surface area contributed by atoms with Crippen LogP contribution in [0.3, 0.4) is 0 Å². The number of hydrogen-bond donors (Lipinski definition) is 2. The number of halogens is 2. The van der Waals surface area contributed by atoms with Crippen LogP contribution in [-0.4, -0.2) is 65.3 Å². The fraction of sp³-hybridized carbons (Fsp3) is 0.562. The molecule has 3 rings (SSSR count). The monoisotopic (exact) mass is 358 g/mol. The van der Waals surface area contributed by atoms with Crippen LogP contribution in [0.1, 0.15) is 5.56 Å². The lowest BCUT2D eigenvalue weighted by molar-refractivity contribution is -0.149. The summed E-state index contributed by atoms with van der Waals surface area (Å²) >= 11 is 12.3. The largest absolute Gasteiger partial charge is 0.481 e. The molecule has 0 amide bonds. The smallest absolute Gasteiger partial charge is 0.312 e. The minimum absolute atomic E-state index is 0.0598. The highest BCUT2D eigenvalue weighted by Gasteiger charge is 2.57. The summed E-state index contributed by atoms with van der Waals surface area (Å²) < 4.78 is 0. The molecule has 0 aliphatic carbocycles. The van der Waals surface area contributed by atoms with Crippen molar-refractivity contribution in [2.24, 2.45) is 11.3 Å². The van der Waals surface area contributed by atoms with Gasteiger partial charge in [0.2, 0.25) is 0 Å². The van der Waals surface area contributed by atoms with Crippen LogP contribution in [0.25, 0.3) is 0 Å². The zero-order valence-electron chi connectivity index (χ0n) is 12.7. The van der Waals surface area contributed by atoms with E-state index in [1.54, 1.807) is 6.07 Å². The van der Waals surface area contributed by atoms with Gasteiger partial charge in [-0.1, -0.05) is 35.3 Å². The Labute approximate surface area is 145 Å². The molecule has 2 aliphatic rings. The van der Waals surface area contributed by atoms with Gasteiger partial charge in [-0.25, -0.2) is 0 Å². The summed E-state index contributed by atoms with van der Waals surface area (Å²) in [6.45, 7) is 3.62. The highest BCUT2D eigenvalue weighted by atomic mass is 35.5. The Hall–Kier alpha value is -0.850. The molecule has 5 nitrogen and oxygen atoms in total. The number of carboxylic acids is 1. The van der Waals surface area contributed by atoms with Gasteiger partial charge in [-0.2, -0.15) is 0 Å². The molecule has 126 valence electrons. The number of β-amino-alcohol motifs (C(OH)–C–C–N with tert-alkyl or cyclic N) is 1. The molecule has 23 heavy (non-hydrogen) atoms. The first-order valence-electron chi connectivity index (χ1n) is 7.68. The van der Waals surface area contributed by atoms with E-state index >= 15 is 0 Å². The maximum absolute atomic E-state index is 11.9. The fourth-order valence-corrected chi connectivity index (χ4v) is 4.30. The van der Waals surface area contributed by atoms with Gasteiger partial charge in [0.1, 0.15) is 0 Å². The number of rotatable bonds is 5. The van der Waals surface area contributed by atoms with Crippen molar-refractivity contribution in [2.45, 2.75) is 6.54 Å². The van der Waals surface area contributed by atoms with Crippen molar-refractivity contribution in [3.05, 3.63) is 33.8 Å². The predicted molar refractivity (Wildman–Crippen MR) is 88.8 cm³/mol. The number of benzene rings is 1. The van der Waals surface area contributed by atoms with Gasteiger partial charge in [0.15, 0.2) is 0 Å². The Kier molecular flexibility index (Phi) is 4.85. The van der Waals surface area contributed by atoms with Crippen LogP contribution >= 0.6 is 23.2 Å². The van der Waals surface area contributed by atoms with Crippen LogP contribution in [0.2, 0.25) is 10.0 Å². The molecule has 0 aromatic heterocycles. The minimum Gasteiger partial charge on any atom is -0.481 e. The summed E-state index contributed by atoms with van der Waals surface area (Å²) in [4.78, 5) is 16.1. The quantitative estimate of drug-likeness (QED) is 0.840. The third kappa shape index (κ3) is 3.08. The van der Waals surface area contributed by atoms with Crippen LogP contribution in [-0.2, 0) is 11.3 Å². The molecule has 0 radical (unpaired) electrons. The van der Waals surface area contributed by atoms with E-state index in [0.717, 1.165) is 12.1 Å². The molecule has 2 N–H and O–H groups in total. The molecule has 0 unspecified atom stereocenters. The summed E-state index contributed by atoms with van der Waals surface area (Å²) in [5, 5.41) is 19.9. The van der Waals surface area contributed by atoms with Crippen molar-refractivity contribution in [1.82, 2.24) is 9.80 Å². The van der Waals surface area contributed by atoms with Gasteiger partial charge in [0.25, 0.3) is 0 Å². The average molecular weight is 359 g/mol. The van der Waals surface area contributed by atoms with Crippen LogP contribution in [0.4, 0.5) is 0 Å². The van der Waals surface area contributed by atoms with Crippen LogP contribution in [0.15, 0.2) is 18.2 Å². The number of aliphatic hydroxyl groups excluding tert-OH is 1. The number of fused-ring (bicyclic) bond motifs is 1. The van der Waals surface area contributed by atoms with E-state index in [0.29, 0.717) is 42.8 Å². The molecule has 1 aromatic rings. The van der Waals surface area contributed by atoms with E-state index in [-0.39, 0.29) is 12.5 Å². The van der Waals surface area contributed by atoms with Gasteiger partial charge in [0.05, 0.1) is 22.1 Å². The number of likely N-dealkylation sites (tertiary alicyclic amines) is 2.